The lowest BCUT2D eigenvalue weighted by Crippen LogP contribution is -2.24. The van der Waals surface area contributed by atoms with Crippen LogP contribution >= 0.6 is 11.6 Å². The van der Waals surface area contributed by atoms with E-state index in [4.69, 9.17) is 11.6 Å². The average molecular weight is 383 g/mol. The zero-order chi connectivity index (χ0) is 19.2. The highest BCUT2D eigenvalue weighted by atomic mass is 35.5. The summed E-state index contributed by atoms with van der Waals surface area (Å²) in [6, 6.07) is 13.8. The van der Waals surface area contributed by atoms with E-state index in [-0.39, 0.29) is 16.8 Å². The molecule has 0 saturated heterocycles. The number of nitrogens with zero attached hydrogens (tertiary/aromatic N) is 2. The molecule has 7 heteroatoms. The molecule has 3 rings (SSSR count). The van der Waals surface area contributed by atoms with Crippen molar-refractivity contribution in [1.82, 2.24) is 15.1 Å². The summed E-state index contributed by atoms with van der Waals surface area (Å²) >= 11 is 6.22. The number of anilines is 1. The van der Waals surface area contributed by atoms with Crippen LogP contribution in [-0.2, 0) is 0 Å². The van der Waals surface area contributed by atoms with Gasteiger partial charge >= 0.3 is 0 Å². The first kappa shape index (κ1) is 18.7. The third kappa shape index (κ3) is 4.35. The van der Waals surface area contributed by atoms with Crippen LogP contribution in [0.3, 0.4) is 0 Å². The molecule has 0 unspecified atom stereocenters. The van der Waals surface area contributed by atoms with Gasteiger partial charge in [0.05, 0.1) is 21.8 Å². The van der Waals surface area contributed by atoms with Crippen molar-refractivity contribution < 1.29 is 9.59 Å². The maximum Gasteiger partial charge on any atom is 0.257 e. The number of carbonyl (C=O) groups is 2. The lowest BCUT2D eigenvalue weighted by atomic mass is 10.1. The predicted molar refractivity (Wildman–Crippen MR) is 106 cm³/mol. The topological polar surface area (TPSA) is 76.0 Å². The van der Waals surface area contributed by atoms with Gasteiger partial charge in [0.15, 0.2) is 0 Å². The predicted octanol–water partition coefficient (Wildman–Crippen LogP) is 3.92. The van der Waals surface area contributed by atoms with Crippen molar-refractivity contribution in [2.75, 3.05) is 11.9 Å². The molecule has 1 aromatic heterocycles. The SMILES string of the molecule is CCCNC(=O)c1ccc(NC(=O)c2ccccc2-n2cccn2)cc1Cl. The zero-order valence-electron chi connectivity index (χ0n) is 14.8. The Morgan fingerprint density at radius 1 is 1.07 bits per heavy atom. The van der Waals surface area contributed by atoms with Crippen LogP contribution in [0.1, 0.15) is 34.1 Å². The standard InChI is InChI=1S/C20H19ClN4O2/c1-2-10-22-19(26)15-9-8-14(13-17(15)21)24-20(27)16-6-3-4-7-18(16)25-12-5-11-23-25/h3-9,11-13H,2,10H2,1H3,(H,22,26)(H,24,27). The summed E-state index contributed by atoms with van der Waals surface area (Å²) in [5.41, 5.74) is 2.02. The molecule has 0 radical (unpaired) electrons. The normalized spacial score (nSPS) is 10.4. The fourth-order valence-corrected chi connectivity index (χ4v) is 2.85. The van der Waals surface area contributed by atoms with Crippen LogP contribution in [0.2, 0.25) is 5.02 Å². The van der Waals surface area contributed by atoms with Crippen molar-refractivity contribution in [2.45, 2.75) is 13.3 Å². The van der Waals surface area contributed by atoms with Gasteiger partial charge < -0.3 is 10.6 Å². The van der Waals surface area contributed by atoms with Gasteiger partial charge in [0.25, 0.3) is 11.8 Å². The highest BCUT2D eigenvalue weighted by Crippen LogP contribution is 2.22. The summed E-state index contributed by atoms with van der Waals surface area (Å²) in [5, 5.41) is 10.0. The van der Waals surface area contributed by atoms with Crippen LogP contribution < -0.4 is 10.6 Å². The van der Waals surface area contributed by atoms with Crippen molar-refractivity contribution in [3.05, 3.63) is 77.1 Å². The average Bonchev–Trinajstić information content (AvgIpc) is 3.21. The molecule has 0 fully saturated rings. The van der Waals surface area contributed by atoms with E-state index in [2.05, 4.69) is 15.7 Å². The summed E-state index contributed by atoms with van der Waals surface area (Å²) in [4.78, 5) is 24.8. The second kappa shape index (κ2) is 8.51. The number of hydrogen-bond acceptors (Lipinski definition) is 3. The maximum absolute atomic E-state index is 12.7. The maximum atomic E-state index is 12.7. The number of aromatic nitrogens is 2. The van der Waals surface area contributed by atoms with E-state index in [1.54, 1.807) is 53.5 Å². The van der Waals surface area contributed by atoms with E-state index in [0.29, 0.717) is 29.0 Å². The van der Waals surface area contributed by atoms with Crippen LogP contribution in [0.4, 0.5) is 5.69 Å². The van der Waals surface area contributed by atoms with Crippen LogP contribution in [0, 0.1) is 0 Å². The molecule has 2 amide bonds. The first-order valence-corrected chi connectivity index (χ1v) is 8.96. The van der Waals surface area contributed by atoms with Gasteiger partial charge in [-0.2, -0.15) is 5.10 Å². The van der Waals surface area contributed by atoms with Crippen molar-refractivity contribution in [2.24, 2.45) is 0 Å². The third-order valence-electron chi connectivity index (χ3n) is 3.91. The Labute approximate surface area is 162 Å². The van der Waals surface area contributed by atoms with Gasteiger partial charge in [0, 0.05) is 24.6 Å². The highest BCUT2D eigenvalue weighted by Gasteiger charge is 2.15. The zero-order valence-corrected chi connectivity index (χ0v) is 15.5. The van der Waals surface area contributed by atoms with Crippen molar-refractivity contribution >= 4 is 29.1 Å². The van der Waals surface area contributed by atoms with E-state index < -0.39 is 0 Å². The number of carbonyl (C=O) groups excluding carboxylic acids is 2. The number of halogens is 1. The summed E-state index contributed by atoms with van der Waals surface area (Å²) in [6.07, 6.45) is 4.26. The molecule has 27 heavy (non-hydrogen) atoms. The molecule has 2 N–H and O–H groups in total. The van der Waals surface area contributed by atoms with Crippen LogP contribution in [-0.4, -0.2) is 28.1 Å². The van der Waals surface area contributed by atoms with E-state index in [1.807, 2.05) is 19.1 Å². The number of para-hydroxylation sites is 1. The molecule has 0 saturated carbocycles. The van der Waals surface area contributed by atoms with Gasteiger partial charge in [-0.15, -0.1) is 0 Å². The molecule has 0 atom stereocenters. The highest BCUT2D eigenvalue weighted by molar-refractivity contribution is 6.34. The Kier molecular flexibility index (Phi) is 5.88. The number of hydrogen-bond donors (Lipinski definition) is 2. The molecule has 1 heterocycles. The lowest BCUT2D eigenvalue weighted by Gasteiger charge is -2.11. The van der Waals surface area contributed by atoms with Crippen molar-refractivity contribution in [1.29, 1.82) is 0 Å². The second-order valence-electron chi connectivity index (χ2n) is 5.87. The molecule has 2 aromatic carbocycles. The number of rotatable bonds is 6. The summed E-state index contributed by atoms with van der Waals surface area (Å²) < 4.78 is 1.63. The van der Waals surface area contributed by atoms with Gasteiger partial charge in [-0.1, -0.05) is 30.7 Å². The molecule has 0 bridgehead atoms. The van der Waals surface area contributed by atoms with E-state index >= 15 is 0 Å². The summed E-state index contributed by atoms with van der Waals surface area (Å²) in [5.74, 6) is -0.524. The minimum absolute atomic E-state index is 0.233. The van der Waals surface area contributed by atoms with Crippen LogP contribution in [0.25, 0.3) is 5.69 Å². The molecule has 0 aliphatic heterocycles. The summed E-state index contributed by atoms with van der Waals surface area (Å²) in [7, 11) is 0. The Bertz CT molecular complexity index is 954. The Hall–Kier alpha value is -3.12. The second-order valence-corrected chi connectivity index (χ2v) is 6.28. The van der Waals surface area contributed by atoms with Crippen molar-refractivity contribution in [3.63, 3.8) is 0 Å². The molecule has 0 aliphatic carbocycles. The number of amides is 2. The molecule has 138 valence electrons. The van der Waals surface area contributed by atoms with Gasteiger partial charge in [-0.05, 0) is 42.8 Å². The smallest absolute Gasteiger partial charge is 0.257 e. The fourth-order valence-electron chi connectivity index (χ4n) is 2.59. The Balaban J connectivity index is 1.79. The summed E-state index contributed by atoms with van der Waals surface area (Å²) in [6.45, 7) is 2.56. The van der Waals surface area contributed by atoms with Gasteiger partial charge in [-0.3, -0.25) is 9.59 Å². The molecule has 6 nitrogen and oxygen atoms in total. The van der Waals surface area contributed by atoms with Crippen molar-refractivity contribution in [3.8, 4) is 5.69 Å². The van der Waals surface area contributed by atoms with E-state index in [1.165, 1.54) is 0 Å². The quantitative estimate of drug-likeness (QED) is 0.678. The third-order valence-corrected chi connectivity index (χ3v) is 4.22. The first-order valence-electron chi connectivity index (χ1n) is 8.58. The molecular weight excluding hydrogens is 364 g/mol. The minimum atomic E-state index is -0.291. The van der Waals surface area contributed by atoms with Crippen LogP contribution in [0.5, 0.6) is 0 Å². The molecule has 3 aromatic rings. The molecule has 0 spiro atoms. The first-order chi connectivity index (χ1) is 13.1. The minimum Gasteiger partial charge on any atom is -0.352 e. The monoisotopic (exact) mass is 382 g/mol. The lowest BCUT2D eigenvalue weighted by molar-refractivity contribution is 0.0953. The molecular formula is C20H19ClN4O2. The van der Waals surface area contributed by atoms with Gasteiger partial charge in [0.1, 0.15) is 0 Å². The fraction of sp³-hybridized carbons (Fsp3) is 0.150. The number of benzene rings is 2. The van der Waals surface area contributed by atoms with Gasteiger partial charge in [0.2, 0.25) is 0 Å². The largest absolute Gasteiger partial charge is 0.352 e. The number of nitrogens with one attached hydrogen (secondary N) is 2. The van der Waals surface area contributed by atoms with E-state index in [9.17, 15) is 9.59 Å². The molecule has 0 aliphatic rings. The van der Waals surface area contributed by atoms with E-state index in [0.717, 1.165) is 6.42 Å². The van der Waals surface area contributed by atoms with Gasteiger partial charge in [-0.25, -0.2) is 4.68 Å². The Morgan fingerprint density at radius 2 is 1.89 bits per heavy atom. The van der Waals surface area contributed by atoms with Crippen LogP contribution in [0.15, 0.2) is 60.9 Å². The Morgan fingerprint density at radius 3 is 2.59 bits per heavy atom.